The van der Waals surface area contributed by atoms with Crippen LogP contribution in [0.3, 0.4) is 0 Å². The Morgan fingerprint density at radius 1 is 1.92 bits per heavy atom. The molecule has 0 aromatic carbocycles. The van der Waals surface area contributed by atoms with E-state index in [9.17, 15) is 9.18 Å². The van der Waals surface area contributed by atoms with Crippen LogP contribution < -0.4 is 0 Å². The molecule has 5 heteroatoms. The monoisotopic (exact) mass is 189 g/mol. The van der Waals surface area contributed by atoms with Crippen molar-refractivity contribution in [3.8, 4) is 0 Å². The second-order valence-corrected chi connectivity index (χ2v) is 3.51. The van der Waals surface area contributed by atoms with Crippen LogP contribution in [0.4, 0.5) is 4.39 Å². The molecule has 0 spiro atoms. The van der Waals surface area contributed by atoms with Crippen LogP contribution in [0.25, 0.3) is 0 Å². The van der Waals surface area contributed by atoms with Gasteiger partial charge in [0.25, 0.3) is 0 Å². The summed E-state index contributed by atoms with van der Waals surface area (Å²) < 4.78 is 12.0. The fourth-order valence-electron chi connectivity index (χ4n) is 0.690. The molecule has 1 unspecified atom stereocenters. The van der Waals surface area contributed by atoms with Crippen LogP contribution in [0.15, 0.2) is 6.20 Å². The van der Waals surface area contributed by atoms with Crippen molar-refractivity contribution < 1.29 is 14.3 Å². The van der Waals surface area contributed by atoms with Gasteiger partial charge in [0.1, 0.15) is 17.6 Å². The Morgan fingerprint density at radius 3 is 3.00 bits per heavy atom. The Bertz CT molecular complexity index is 287. The van der Waals surface area contributed by atoms with E-state index in [-0.39, 0.29) is 0 Å². The number of carbonyl (C=O) groups is 1. The van der Waals surface area contributed by atoms with Gasteiger partial charge >= 0.3 is 5.97 Å². The highest BCUT2D eigenvalue weighted by molar-refractivity contribution is 7.11. The molecule has 12 heavy (non-hydrogen) atoms. The van der Waals surface area contributed by atoms with E-state index in [0.717, 1.165) is 11.3 Å². The Balaban J connectivity index is 2.81. The smallest absolute Gasteiger partial charge is 0.313 e. The lowest BCUT2D eigenvalue weighted by atomic mass is 10.2. The second kappa shape index (κ2) is 3.62. The van der Waals surface area contributed by atoms with Gasteiger partial charge in [0.05, 0.1) is 4.88 Å². The first-order valence-electron chi connectivity index (χ1n) is 3.38. The minimum absolute atomic E-state index is 0.454. The quantitative estimate of drug-likeness (QED) is 0.788. The molecule has 1 N–H and O–H groups in total. The van der Waals surface area contributed by atoms with Crippen LogP contribution in [0, 0.1) is 0 Å². The van der Waals surface area contributed by atoms with Crippen LogP contribution in [0.5, 0.6) is 0 Å². The SMILES string of the molecule is CC(C(=O)O)c1ncc(CF)s1. The maximum atomic E-state index is 12.0. The van der Waals surface area contributed by atoms with Crippen molar-refractivity contribution in [1.82, 2.24) is 4.98 Å². The van der Waals surface area contributed by atoms with E-state index in [0.29, 0.717) is 9.88 Å². The topological polar surface area (TPSA) is 50.2 Å². The number of aliphatic carboxylic acids is 1. The van der Waals surface area contributed by atoms with E-state index in [1.54, 1.807) is 0 Å². The summed E-state index contributed by atoms with van der Waals surface area (Å²) in [5.41, 5.74) is 0. The molecule has 66 valence electrons. The molecule has 0 aliphatic rings. The number of hydrogen-bond donors (Lipinski definition) is 1. The molecule has 0 saturated heterocycles. The average molecular weight is 189 g/mol. The van der Waals surface area contributed by atoms with E-state index in [2.05, 4.69) is 4.98 Å². The summed E-state index contributed by atoms with van der Waals surface area (Å²) in [7, 11) is 0. The molecule has 1 aromatic heterocycles. The predicted molar refractivity (Wildman–Crippen MR) is 43.0 cm³/mol. The van der Waals surface area contributed by atoms with Gasteiger partial charge in [-0.1, -0.05) is 0 Å². The van der Waals surface area contributed by atoms with E-state index < -0.39 is 18.6 Å². The molecule has 0 amide bonds. The molecule has 0 bridgehead atoms. The molecule has 0 aliphatic heterocycles. The van der Waals surface area contributed by atoms with Gasteiger partial charge < -0.3 is 5.11 Å². The summed E-state index contributed by atoms with van der Waals surface area (Å²) in [4.78, 5) is 14.7. The standard InChI is InChI=1S/C7H8FNO2S/c1-4(7(10)11)6-9-3-5(2-8)12-6/h3-4H,2H2,1H3,(H,10,11). The van der Waals surface area contributed by atoms with Crippen molar-refractivity contribution in [2.75, 3.05) is 0 Å². The number of hydrogen-bond acceptors (Lipinski definition) is 3. The molecule has 0 radical (unpaired) electrons. The van der Waals surface area contributed by atoms with Crippen LogP contribution >= 0.6 is 11.3 Å². The average Bonchev–Trinajstić information content (AvgIpc) is 2.50. The van der Waals surface area contributed by atoms with E-state index in [1.807, 2.05) is 0 Å². The largest absolute Gasteiger partial charge is 0.481 e. The zero-order valence-corrected chi connectivity index (χ0v) is 7.27. The summed E-state index contributed by atoms with van der Waals surface area (Å²) in [5, 5.41) is 9.04. The summed E-state index contributed by atoms with van der Waals surface area (Å²) in [6.07, 6.45) is 1.37. The third-order valence-corrected chi connectivity index (χ3v) is 2.59. The van der Waals surface area contributed by atoms with E-state index >= 15 is 0 Å². The minimum Gasteiger partial charge on any atom is -0.481 e. The minimum atomic E-state index is -0.935. The summed E-state index contributed by atoms with van der Waals surface area (Å²) in [6, 6.07) is 0. The van der Waals surface area contributed by atoms with E-state index in [1.165, 1.54) is 13.1 Å². The molecular formula is C7H8FNO2S. The van der Waals surface area contributed by atoms with Gasteiger partial charge in [-0.25, -0.2) is 9.37 Å². The van der Waals surface area contributed by atoms with Crippen molar-refractivity contribution in [2.45, 2.75) is 19.5 Å². The summed E-state index contributed by atoms with van der Waals surface area (Å²) in [6.45, 7) is 0.952. The summed E-state index contributed by atoms with van der Waals surface area (Å²) in [5.74, 6) is -1.58. The predicted octanol–water partition coefficient (Wildman–Crippen LogP) is 1.80. The maximum absolute atomic E-state index is 12.0. The van der Waals surface area contributed by atoms with Crippen LogP contribution in [0.2, 0.25) is 0 Å². The normalized spacial score (nSPS) is 12.8. The molecular weight excluding hydrogens is 181 g/mol. The Kier molecular flexibility index (Phi) is 2.75. The second-order valence-electron chi connectivity index (χ2n) is 2.36. The lowest BCUT2D eigenvalue weighted by Gasteiger charge is -1.98. The van der Waals surface area contributed by atoms with Crippen LogP contribution in [-0.4, -0.2) is 16.1 Å². The fourth-order valence-corrected chi connectivity index (χ4v) is 1.50. The van der Waals surface area contributed by atoms with Crippen molar-refractivity contribution in [1.29, 1.82) is 0 Å². The van der Waals surface area contributed by atoms with Crippen LogP contribution in [0.1, 0.15) is 22.7 Å². The van der Waals surface area contributed by atoms with Gasteiger partial charge in [-0.15, -0.1) is 11.3 Å². The fraction of sp³-hybridized carbons (Fsp3) is 0.429. The molecule has 1 heterocycles. The van der Waals surface area contributed by atoms with Gasteiger partial charge in [0.15, 0.2) is 0 Å². The van der Waals surface area contributed by atoms with Crippen molar-refractivity contribution >= 4 is 17.3 Å². The van der Waals surface area contributed by atoms with Crippen molar-refractivity contribution in [3.05, 3.63) is 16.1 Å². The van der Waals surface area contributed by atoms with Gasteiger partial charge in [-0.05, 0) is 6.92 Å². The number of carboxylic acids is 1. The molecule has 1 rings (SSSR count). The highest BCUT2D eigenvalue weighted by atomic mass is 32.1. The summed E-state index contributed by atoms with van der Waals surface area (Å²) >= 11 is 1.10. The van der Waals surface area contributed by atoms with Crippen molar-refractivity contribution in [3.63, 3.8) is 0 Å². The number of thiazole rings is 1. The first-order chi connectivity index (χ1) is 5.65. The number of rotatable bonds is 3. The number of aromatic nitrogens is 1. The van der Waals surface area contributed by atoms with Crippen LogP contribution in [-0.2, 0) is 11.5 Å². The Morgan fingerprint density at radius 2 is 2.58 bits per heavy atom. The van der Waals surface area contributed by atoms with Crippen molar-refractivity contribution in [2.24, 2.45) is 0 Å². The van der Waals surface area contributed by atoms with E-state index in [4.69, 9.17) is 5.11 Å². The number of halogens is 1. The number of carboxylic acid groups (broad SMARTS) is 1. The molecule has 0 aliphatic carbocycles. The lowest BCUT2D eigenvalue weighted by Crippen LogP contribution is -2.06. The zero-order valence-electron chi connectivity index (χ0n) is 6.45. The Hall–Kier alpha value is -0.970. The molecule has 3 nitrogen and oxygen atoms in total. The Labute approximate surface area is 72.9 Å². The highest BCUT2D eigenvalue weighted by Gasteiger charge is 2.17. The maximum Gasteiger partial charge on any atom is 0.313 e. The first kappa shape index (κ1) is 9.12. The third-order valence-electron chi connectivity index (χ3n) is 1.44. The zero-order chi connectivity index (χ0) is 9.14. The first-order valence-corrected chi connectivity index (χ1v) is 4.20. The lowest BCUT2D eigenvalue weighted by molar-refractivity contribution is -0.138. The highest BCUT2D eigenvalue weighted by Crippen LogP contribution is 2.22. The number of nitrogens with zero attached hydrogens (tertiary/aromatic N) is 1. The number of alkyl halides is 1. The van der Waals surface area contributed by atoms with Gasteiger partial charge in [-0.3, -0.25) is 4.79 Å². The molecule has 0 fully saturated rings. The molecule has 0 saturated carbocycles. The molecule has 1 atom stereocenters. The molecule has 1 aromatic rings. The van der Waals surface area contributed by atoms with Gasteiger partial charge in [0.2, 0.25) is 0 Å². The van der Waals surface area contributed by atoms with Gasteiger partial charge in [0, 0.05) is 6.20 Å². The third kappa shape index (κ3) is 1.79. The van der Waals surface area contributed by atoms with Gasteiger partial charge in [-0.2, -0.15) is 0 Å².